The van der Waals surface area contributed by atoms with Crippen LogP contribution in [0.4, 0.5) is 0 Å². The standard InChI is InChI=1S/C16H18ClN3O5S2/c17-13-5-6-14(26-13)27(23,24)20-9-1-3-11(20)15(21)18-7-8-19-16(22)12-4-2-10-25-12/h2,4-6,10-11H,1,3,7-9H2,(H,18,21)(H,19,22)/t11-/m0/s1. The smallest absolute Gasteiger partial charge is 0.287 e. The summed E-state index contributed by atoms with van der Waals surface area (Å²) in [6, 6.07) is 5.33. The molecule has 0 radical (unpaired) electrons. The van der Waals surface area contributed by atoms with E-state index in [9.17, 15) is 18.0 Å². The van der Waals surface area contributed by atoms with E-state index in [1.807, 2.05) is 0 Å². The summed E-state index contributed by atoms with van der Waals surface area (Å²) < 4.78 is 32.2. The zero-order valence-electron chi connectivity index (χ0n) is 14.2. The second-order valence-corrected chi connectivity index (χ2v) is 9.69. The van der Waals surface area contributed by atoms with Crippen molar-refractivity contribution in [3.8, 4) is 0 Å². The molecule has 1 atom stereocenters. The highest BCUT2D eigenvalue weighted by Crippen LogP contribution is 2.32. The molecule has 8 nitrogen and oxygen atoms in total. The Morgan fingerprint density at radius 1 is 1.26 bits per heavy atom. The van der Waals surface area contributed by atoms with Crippen molar-refractivity contribution in [2.24, 2.45) is 0 Å². The minimum Gasteiger partial charge on any atom is -0.459 e. The molecule has 0 aromatic carbocycles. The highest BCUT2D eigenvalue weighted by Gasteiger charge is 2.39. The van der Waals surface area contributed by atoms with E-state index in [1.54, 1.807) is 6.07 Å². The minimum absolute atomic E-state index is 0.123. The molecule has 3 heterocycles. The van der Waals surface area contributed by atoms with Gasteiger partial charge < -0.3 is 15.1 Å². The number of sulfonamides is 1. The van der Waals surface area contributed by atoms with Crippen molar-refractivity contribution in [1.29, 1.82) is 0 Å². The first-order valence-electron chi connectivity index (χ1n) is 8.26. The number of halogens is 1. The van der Waals surface area contributed by atoms with Crippen LogP contribution in [0.25, 0.3) is 0 Å². The van der Waals surface area contributed by atoms with Crippen molar-refractivity contribution in [1.82, 2.24) is 14.9 Å². The molecule has 1 saturated heterocycles. The summed E-state index contributed by atoms with van der Waals surface area (Å²) in [5.74, 6) is -0.580. The van der Waals surface area contributed by atoms with E-state index in [0.717, 1.165) is 11.3 Å². The van der Waals surface area contributed by atoms with Gasteiger partial charge in [-0.1, -0.05) is 11.6 Å². The molecule has 1 aliphatic heterocycles. The second kappa shape index (κ2) is 8.42. The molecule has 3 rings (SSSR count). The van der Waals surface area contributed by atoms with Crippen molar-refractivity contribution < 1.29 is 22.4 Å². The summed E-state index contributed by atoms with van der Waals surface area (Å²) in [5, 5.41) is 5.28. The van der Waals surface area contributed by atoms with Crippen LogP contribution < -0.4 is 10.6 Å². The number of amides is 2. The maximum atomic E-state index is 12.7. The first-order chi connectivity index (χ1) is 12.9. The van der Waals surface area contributed by atoms with Crippen molar-refractivity contribution >= 4 is 44.8 Å². The van der Waals surface area contributed by atoms with E-state index in [4.69, 9.17) is 16.0 Å². The van der Waals surface area contributed by atoms with Gasteiger partial charge in [-0.25, -0.2) is 8.42 Å². The molecule has 2 aromatic rings. The van der Waals surface area contributed by atoms with E-state index in [2.05, 4.69) is 10.6 Å². The molecule has 27 heavy (non-hydrogen) atoms. The van der Waals surface area contributed by atoms with Crippen LogP contribution in [0.15, 0.2) is 39.2 Å². The van der Waals surface area contributed by atoms with Crippen LogP contribution in [0.3, 0.4) is 0 Å². The Kier molecular flexibility index (Phi) is 6.20. The molecule has 1 aliphatic rings. The van der Waals surface area contributed by atoms with Gasteiger partial charge in [-0.3, -0.25) is 9.59 Å². The Balaban J connectivity index is 1.54. The minimum atomic E-state index is -3.76. The molecular formula is C16H18ClN3O5S2. The van der Waals surface area contributed by atoms with Gasteiger partial charge in [-0.2, -0.15) is 4.31 Å². The average molecular weight is 432 g/mol. The maximum absolute atomic E-state index is 12.7. The summed E-state index contributed by atoms with van der Waals surface area (Å²) in [6.45, 7) is 0.664. The first-order valence-corrected chi connectivity index (χ1v) is 10.9. The fraction of sp³-hybridized carbons (Fsp3) is 0.375. The van der Waals surface area contributed by atoms with E-state index in [1.165, 1.54) is 28.8 Å². The summed E-state index contributed by atoms with van der Waals surface area (Å²) >= 11 is 6.80. The molecule has 146 valence electrons. The third kappa shape index (κ3) is 4.52. The molecule has 0 saturated carbocycles. The zero-order valence-corrected chi connectivity index (χ0v) is 16.6. The van der Waals surface area contributed by atoms with Crippen LogP contribution in [0.2, 0.25) is 4.34 Å². The Morgan fingerprint density at radius 2 is 2.04 bits per heavy atom. The lowest BCUT2D eigenvalue weighted by Crippen LogP contribution is -2.47. The number of carbonyl (C=O) groups is 2. The number of hydrogen-bond donors (Lipinski definition) is 2. The fourth-order valence-electron chi connectivity index (χ4n) is 2.82. The van der Waals surface area contributed by atoms with Crippen LogP contribution >= 0.6 is 22.9 Å². The van der Waals surface area contributed by atoms with E-state index < -0.39 is 16.1 Å². The molecule has 2 aromatic heterocycles. The van der Waals surface area contributed by atoms with Gasteiger partial charge in [0.05, 0.1) is 10.6 Å². The SMILES string of the molecule is O=C(NCCNC(=O)[C@@H]1CCCN1S(=O)(=O)c1ccc(Cl)s1)c1ccco1. The van der Waals surface area contributed by atoms with Crippen LogP contribution in [0.5, 0.6) is 0 Å². The van der Waals surface area contributed by atoms with Gasteiger partial charge in [0.25, 0.3) is 15.9 Å². The van der Waals surface area contributed by atoms with Crippen LogP contribution in [0, 0.1) is 0 Å². The maximum Gasteiger partial charge on any atom is 0.287 e. The Bertz CT molecular complexity index is 910. The number of nitrogens with zero attached hydrogens (tertiary/aromatic N) is 1. The summed E-state index contributed by atoms with van der Waals surface area (Å²) in [5.41, 5.74) is 0. The number of nitrogens with one attached hydrogen (secondary N) is 2. The Hall–Kier alpha value is -1.88. The van der Waals surface area contributed by atoms with Gasteiger partial charge in [0, 0.05) is 19.6 Å². The topological polar surface area (TPSA) is 109 Å². The highest BCUT2D eigenvalue weighted by atomic mass is 35.5. The van der Waals surface area contributed by atoms with Gasteiger partial charge in [0.2, 0.25) is 5.91 Å². The Morgan fingerprint density at radius 3 is 2.70 bits per heavy atom. The normalized spacial score (nSPS) is 17.7. The largest absolute Gasteiger partial charge is 0.459 e. The van der Waals surface area contributed by atoms with Crippen LogP contribution in [-0.2, 0) is 14.8 Å². The van der Waals surface area contributed by atoms with Crippen molar-refractivity contribution in [3.05, 3.63) is 40.6 Å². The van der Waals surface area contributed by atoms with Gasteiger partial charge in [-0.05, 0) is 37.1 Å². The van der Waals surface area contributed by atoms with Crippen LogP contribution in [0.1, 0.15) is 23.4 Å². The van der Waals surface area contributed by atoms with Crippen molar-refractivity contribution in [2.75, 3.05) is 19.6 Å². The third-order valence-corrected chi connectivity index (χ3v) is 7.68. The van der Waals surface area contributed by atoms with Gasteiger partial charge in [0.15, 0.2) is 5.76 Å². The Labute approximate surface area is 165 Å². The van der Waals surface area contributed by atoms with Crippen molar-refractivity contribution in [3.63, 3.8) is 0 Å². The summed E-state index contributed by atoms with van der Waals surface area (Å²) in [7, 11) is -3.76. The number of furan rings is 1. The second-order valence-electron chi connectivity index (χ2n) is 5.86. The quantitative estimate of drug-likeness (QED) is 0.648. The molecule has 0 spiro atoms. The van der Waals surface area contributed by atoms with E-state index >= 15 is 0 Å². The molecule has 1 fully saturated rings. The lowest BCUT2D eigenvalue weighted by Gasteiger charge is -2.22. The fourth-order valence-corrected chi connectivity index (χ4v) is 6.08. The van der Waals surface area contributed by atoms with E-state index in [0.29, 0.717) is 17.2 Å². The predicted molar refractivity (Wildman–Crippen MR) is 100 cm³/mol. The van der Waals surface area contributed by atoms with Gasteiger partial charge in [0.1, 0.15) is 10.3 Å². The molecular weight excluding hydrogens is 414 g/mol. The lowest BCUT2D eigenvalue weighted by molar-refractivity contribution is -0.124. The lowest BCUT2D eigenvalue weighted by atomic mass is 10.2. The zero-order chi connectivity index (χ0) is 19.4. The number of carbonyl (C=O) groups excluding carboxylic acids is 2. The molecule has 2 amide bonds. The number of thiophene rings is 1. The van der Waals surface area contributed by atoms with E-state index in [-0.39, 0.29) is 41.4 Å². The monoisotopic (exact) mass is 431 g/mol. The molecule has 2 N–H and O–H groups in total. The summed E-state index contributed by atoms with van der Waals surface area (Å²) in [4.78, 5) is 24.2. The highest BCUT2D eigenvalue weighted by molar-refractivity contribution is 7.91. The number of rotatable bonds is 7. The average Bonchev–Trinajstić information content (AvgIpc) is 3.39. The number of hydrogen-bond acceptors (Lipinski definition) is 6. The van der Waals surface area contributed by atoms with Gasteiger partial charge in [-0.15, -0.1) is 11.3 Å². The molecule has 11 heteroatoms. The molecule has 0 unspecified atom stereocenters. The molecule has 0 aliphatic carbocycles. The van der Waals surface area contributed by atoms with Crippen molar-refractivity contribution in [2.45, 2.75) is 23.1 Å². The first kappa shape index (κ1) is 19.9. The van der Waals surface area contributed by atoms with Gasteiger partial charge >= 0.3 is 0 Å². The predicted octanol–water partition coefficient (Wildman–Crippen LogP) is 1.69. The summed E-state index contributed by atoms with van der Waals surface area (Å²) in [6.07, 6.45) is 2.45. The third-order valence-electron chi connectivity index (χ3n) is 4.07. The van der Waals surface area contributed by atoms with Crippen LogP contribution in [-0.4, -0.2) is 50.2 Å². The molecule has 0 bridgehead atoms.